The number of hydrogen-bond donors (Lipinski definition) is 0. The first kappa shape index (κ1) is 68.9. The van der Waals surface area contributed by atoms with Crippen LogP contribution in [0.1, 0.15) is 0 Å². The molecule has 0 aromatic heterocycles. The maximum Gasteiger partial charge on any atom is 3.00 e. The summed E-state index contributed by atoms with van der Waals surface area (Å²) < 4.78 is 0. The van der Waals surface area contributed by atoms with Gasteiger partial charge >= 0.3 is 76.0 Å². The Kier molecular flexibility index (Phi) is 466. The van der Waals surface area contributed by atoms with Crippen molar-refractivity contribution in [1.29, 1.82) is 0 Å². The molecule has 0 spiro atoms. The van der Waals surface area contributed by atoms with E-state index < -0.39 is 0 Å². The predicted molar refractivity (Wildman–Crippen MR) is 0 cm³/mol. The van der Waals surface area contributed by atoms with Crippen molar-refractivity contribution >= 4 is 0 Å². The fourth-order valence-corrected chi connectivity index (χ4v) is 0. The maximum absolute atomic E-state index is 0. The van der Waals surface area contributed by atoms with Crippen LogP contribution in [0.2, 0.25) is 0 Å². The molecule has 1 radical (unpaired) electrons. The summed E-state index contributed by atoms with van der Waals surface area (Å²) in [5, 5.41) is 0. The Labute approximate surface area is 180 Å². The van der Waals surface area contributed by atoms with Crippen LogP contribution in [0.15, 0.2) is 0 Å². The van der Waals surface area contributed by atoms with Crippen LogP contribution >= 0.6 is 0 Å². The van der Waals surface area contributed by atoms with Gasteiger partial charge in [-0.15, -0.1) is 0 Å². The largest absolute Gasteiger partial charge is 3.00 e. The molecule has 0 unspecified atom stereocenters. The molecule has 51 valence electrons. The Hall–Kier alpha value is 5.59. The second-order valence-corrected chi connectivity index (χ2v) is 0. The summed E-state index contributed by atoms with van der Waals surface area (Å²) in [6.07, 6.45) is 0. The van der Waals surface area contributed by atoms with Gasteiger partial charge in [0.2, 0.25) is 0 Å². The minimum Gasteiger partial charge on any atom is -1.00 e. The third-order valence-corrected chi connectivity index (χ3v) is 0. The summed E-state index contributed by atoms with van der Waals surface area (Å²) >= 11 is 0. The molecule has 0 saturated heterocycles. The van der Waals surface area contributed by atoms with Crippen LogP contribution in [0.4, 0.5) is 0 Å². The van der Waals surface area contributed by atoms with E-state index >= 15 is 0 Å². The molecule has 0 aliphatic carbocycles. The van der Waals surface area contributed by atoms with E-state index in [1.165, 1.54) is 0 Å². The van der Waals surface area contributed by atoms with Gasteiger partial charge in [-0.25, -0.2) is 0 Å². The van der Waals surface area contributed by atoms with Crippen molar-refractivity contribution in [3.63, 3.8) is 0 Å². The first-order chi connectivity index (χ1) is 0. The van der Waals surface area contributed by atoms with E-state index in [4.69, 9.17) is 0 Å². The van der Waals surface area contributed by atoms with E-state index in [0.29, 0.717) is 0 Å². The monoisotopic (exact) mass is 776 g/mol. The van der Waals surface area contributed by atoms with Crippen LogP contribution in [0.3, 0.4) is 0 Å². The molecule has 0 aromatic carbocycles. The molecule has 0 saturated carbocycles. The van der Waals surface area contributed by atoms with Gasteiger partial charge in [0.1, 0.15) is 0 Å². The molecule has 0 bridgehead atoms. The molecule has 0 aliphatic rings. The van der Waals surface area contributed by atoms with E-state index in [1.807, 2.05) is 0 Å². The predicted octanol–water partition coefficient (Wildman–Crippen LogP) is -18.0. The Morgan fingerprint density at radius 2 is 0.500 bits per heavy atom. The summed E-state index contributed by atoms with van der Waals surface area (Å²) in [5.74, 6) is 0. The van der Waals surface area contributed by atoms with Crippen molar-refractivity contribution in [2.24, 2.45) is 0 Å². The summed E-state index contributed by atoms with van der Waals surface area (Å²) in [4.78, 5) is 0. The van der Waals surface area contributed by atoms with Gasteiger partial charge in [0.25, 0.3) is 0 Å². The molecule has 0 fully saturated rings. The molecule has 0 rings (SSSR count). The van der Waals surface area contributed by atoms with Crippen LogP contribution in [-0.4, -0.2) is 0 Å². The maximum atomic E-state index is 0. The minimum absolute atomic E-state index is 0. The van der Waals surface area contributed by atoms with Gasteiger partial charge in [0.05, 0.1) is 0 Å². The average Bonchev–Trinajstić information content (AvgIpc) is 0. The van der Waals surface area contributed by atoms with E-state index in [9.17, 15) is 0 Å². The van der Waals surface area contributed by atoms with E-state index in [-0.39, 0.29) is 185 Å². The zero-order valence-corrected chi connectivity index (χ0v) is 18.2. The molecule has 0 atom stereocenters. The number of rotatable bonds is 0. The van der Waals surface area contributed by atoms with Crippen molar-refractivity contribution in [2.45, 2.75) is 0 Å². The van der Waals surface area contributed by atoms with Gasteiger partial charge in [-0.1, -0.05) is 0 Å². The van der Waals surface area contributed by atoms with Gasteiger partial charge in [0, 0.05) is 0 Å². The average molecular weight is 776 g/mol. The van der Waals surface area contributed by atoms with Gasteiger partial charge in [-0.2, -0.15) is 0 Å². The number of hydrogen-bond acceptors (Lipinski definition) is 0. The van der Waals surface area contributed by atoms with Crippen LogP contribution < -0.4 is 109 Å². The third-order valence-electron chi connectivity index (χ3n) is 0. The quantitative estimate of drug-likeness (QED) is 0.215. The van der Waals surface area contributed by atoms with E-state index in [2.05, 4.69) is 0 Å². The van der Waals surface area contributed by atoms with E-state index in [0.717, 1.165) is 0 Å². The second-order valence-electron chi connectivity index (χ2n) is 0. The summed E-state index contributed by atoms with van der Waals surface area (Å²) in [7, 11) is 0. The zero-order valence-electron chi connectivity index (χ0n) is 3.25. The Bertz CT molecular complexity index is 14.5. The summed E-state index contributed by atoms with van der Waals surface area (Å²) in [6.45, 7) is 0. The summed E-state index contributed by atoms with van der Waals surface area (Å²) in [5.41, 5.74) is 0. The van der Waals surface area contributed by atoms with Gasteiger partial charge in [-0.3, -0.25) is 0 Å². The fraction of sp³-hybridized carbons (Fsp3) is 0. The molecule has 0 aliphatic heterocycles. The van der Waals surface area contributed by atoms with Crippen LogP contribution in [-0.2, 0) is 0 Å². The molecule has 0 N–H and O–H groups in total. The molecular weight excluding hydrogens is 776 g/mol. The normalized spacial score (nSPS) is 0. The van der Waals surface area contributed by atoms with Gasteiger partial charge < -0.3 is 109 Å². The molecular formula is Cl3I3LaSm. The Morgan fingerprint density at radius 3 is 0.500 bits per heavy atom. The molecule has 8 heavy (non-hydrogen) atoms. The number of halogens is 6. The minimum atomic E-state index is 0. The fourth-order valence-electron chi connectivity index (χ4n) is 0. The molecule has 0 aromatic rings. The summed E-state index contributed by atoms with van der Waals surface area (Å²) in [6, 6.07) is 0. The third kappa shape index (κ3) is 41.6. The zero-order chi connectivity index (χ0) is 0. The first-order valence-electron chi connectivity index (χ1n) is 0. The van der Waals surface area contributed by atoms with Crippen LogP contribution in [0.5, 0.6) is 0 Å². The SMILES string of the molecule is [Cl-].[Cl-].[Cl-].[I-].[I-].[I-].[La+3].[Sm+3]. The molecule has 0 nitrogen and oxygen atoms in total. The van der Waals surface area contributed by atoms with Gasteiger partial charge in [0.15, 0.2) is 0 Å². The molecule has 8 heteroatoms. The first-order valence-corrected chi connectivity index (χ1v) is 0. The molecule has 0 heterocycles. The van der Waals surface area contributed by atoms with Crippen molar-refractivity contribution in [3.8, 4) is 0 Å². The standard InChI is InChI=1S/3ClH.3HI.La.Sm/h6*1H;;/q;;;;;;2*+3/p-6. The van der Waals surface area contributed by atoms with Crippen molar-refractivity contribution in [3.05, 3.63) is 0 Å². The van der Waals surface area contributed by atoms with Crippen molar-refractivity contribution in [1.82, 2.24) is 0 Å². The van der Waals surface area contributed by atoms with Gasteiger partial charge in [-0.05, 0) is 0 Å². The molecule has 0 amide bonds. The van der Waals surface area contributed by atoms with Crippen LogP contribution in [0, 0.1) is 76.0 Å². The second kappa shape index (κ2) is 54.1. The van der Waals surface area contributed by atoms with Crippen molar-refractivity contribution in [2.75, 3.05) is 0 Å². The Balaban J connectivity index is 0. The van der Waals surface area contributed by atoms with E-state index in [1.54, 1.807) is 0 Å². The smallest absolute Gasteiger partial charge is 1.00 e. The van der Waals surface area contributed by atoms with Crippen molar-refractivity contribution < 1.29 is 185 Å². The Morgan fingerprint density at radius 1 is 0.500 bits per heavy atom. The topological polar surface area (TPSA) is 0 Å². The van der Waals surface area contributed by atoms with Crippen LogP contribution in [0.25, 0.3) is 0 Å².